The van der Waals surface area contributed by atoms with Crippen LogP contribution in [-0.2, 0) is 24.2 Å². The van der Waals surface area contributed by atoms with Gasteiger partial charge in [0.1, 0.15) is 5.75 Å². The number of hydrogen-bond acceptors (Lipinski definition) is 5. The number of amides is 1. The van der Waals surface area contributed by atoms with E-state index < -0.39 is 0 Å². The second-order valence-corrected chi connectivity index (χ2v) is 6.33. The number of methoxy groups -OCH3 is 1. The largest absolute Gasteiger partial charge is 0.496 e. The van der Waals surface area contributed by atoms with Gasteiger partial charge in [0.05, 0.1) is 13.7 Å². The summed E-state index contributed by atoms with van der Waals surface area (Å²) < 4.78 is 10.7. The van der Waals surface area contributed by atoms with E-state index >= 15 is 0 Å². The highest BCUT2D eigenvalue weighted by molar-refractivity contribution is 5.68. The molecule has 132 valence electrons. The molecule has 0 atom stereocenters. The molecule has 0 radical (unpaired) electrons. The van der Waals surface area contributed by atoms with E-state index in [1.165, 1.54) is 11.1 Å². The van der Waals surface area contributed by atoms with Gasteiger partial charge < -0.3 is 19.7 Å². The summed E-state index contributed by atoms with van der Waals surface area (Å²) in [5.41, 5.74) is 3.72. The lowest BCUT2D eigenvalue weighted by Gasteiger charge is -2.31. The van der Waals surface area contributed by atoms with E-state index in [2.05, 4.69) is 22.3 Å². The zero-order chi connectivity index (χ0) is 16.9. The summed E-state index contributed by atoms with van der Waals surface area (Å²) in [4.78, 5) is 16.2. The van der Waals surface area contributed by atoms with E-state index in [1.54, 1.807) is 12.0 Å². The predicted molar refractivity (Wildman–Crippen MR) is 92.3 cm³/mol. The van der Waals surface area contributed by atoms with E-state index in [-0.39, 0.29) is 6.09 Å². The molecule has 0 spiro atoms. The van der Waals surface area contributed by atoms with Crippen LogP contribution < -0.4 is 10.1 Å². The highest BCUT2D eigenvalue weighted by atomic mass is 16.6. The van der Waals surface area contributed by atoms with Gasteiger partial charge in [0, 0.05) is 51.4 Å². The average molecular weight is 333 g/mol. The molecular formula is C18H27N3O3. The first-order valence-electron chi connectivity index (χ1n) is 8.74. The Labute approximate surface area is 143 Å². The van der Waals surface area contributed by atoms with Crippen molar-refractivity contribution in [3.05, 3.63) is 28.8 Å². The fourth-order valence-electron chi connectivity index (χ4n) is 3.43. The van der Waals surface area contributed by atoms with Crippen LogP contribution in [0, 0.1) is 0 Å². The third-order valence-electron chi connectivity index (χ3n) is 4.74. The van der Waals surface area contributed by atoms with E-state index in [4.69, 9.17) is 9.47 Å². The Morgan fingerprint density at radius 3 is 2.71 bits per heavy atom. The third-order valence-corrected chi connectivity index (χ3v) is 4.74. The lowest BCUT2D eigenvalue weighted by atomic mass is 9.96. The Bertz CT molecular complexity index is 585. The lowest BCUT2D eigenvalue weighted by molar-refractivity contribution is 0.102. The van der Waals surface area contributed by atoms with Crippen molar-refractivity contribution >= 4 is 6.09 Å². The van der Waals surface area contributed by atoms with Gasteiger partial charge in [-0.25, -0.2) is 4.79 Å². The highest BCUT2D eigenvalue weighted by Crippen LogP contribution is 2.29. The predicted octanol–water partition coefficient (Wildman–Crippen LogP) is 1.61. The number of ether oxygens (including phenoxy) is 2. The monoisotopic (exact) mass is 333 g/mol. The second kappa shape index (κ2) is 7.85. The zero-order valence-corrected chi connectivity index (χ0v) is 14.6. The van der Waals surface area contributed by atoms with Gasteiger partial charge in [0.25, 0.3) is 0 Å². The second-order valence-electron chi connectivity index (χ2n) is 6.33. The minimum Gasteiger partial charge on any atom is -0.496 e. The number of rotatable bonds is 4. The van der Waals surface area contributed by atoms with Gasteiger partial charge in [0.2, 0.25) is 0 Å². The fourth-order valence-corrected chi connectivity index (χ4v) is 3.43. The van der Waals surface area contributed by atoms with Crippen molar-refractivity contribution in [1.82, 2.24) is 15.1 Å². The Kier molecular flexibility index (Phi) is 5.58. The van der Waals surface area contributed by atoms with Gasteiger partial charge in [-0.1, -0.05) is 6.07 Å². The zero-order valence-electron chi connectivity index (χ0n) is 14.6. The van der Waals surface area contributed by atoms with Crippen molar-refractivity contribution in [1.29, 1.82) is 0 Å². The number of piperazine rings is 1. The number of carbonyl (C=O) groups excluding carboxylic acids is 1. The van der Waals surface area contributed by atoms with Crippen molar-refractivity contribution in [2.75, 3.05) is 46.4 Å². The van der Waals surface area contributed by atoms with Crippen LogP contribution in [0.1, 0.15) is 23.6 Å². The van der Waals surface area contributed by atoms with Gasteiger partial charge in [-0.2, -0.15) is 0 Å². The van der Waals surface area contributed by atoms with Gasteiger partial charge >= 0.3 is 6.09 Å². The molecule has 1 aromatic rings. The smallest absolute Gasteiger partial charge is 0.410 e. The molecule has 0 bridgehead atoms. The van der Waals surface area contributed by atoms with E-state index in [1.807, 2.05) is 6.92 Å². The number of nitrogens with one attached hydrogen (secondary N) is 1. The summed E-state index contributed by atoms with van der Waals surface area (Å²) in [6.07, 6.45) is 0.638. The number of hydrogen-bond donors (Lipinski definition) is 1. The van der Waals surface area contributed by atoms with Gasteiger partial charge in [-0.05, 0) is 30.5 Å². The summed E-state index contributed by atoms with van der Waals surface area (Å²) >= 11 is 0. The molecule has 1 fully saturated rings. The molecule has 1 N–H and O–H groups in total. The maximum Gasteiger partial charge on any atom is 0.410 e. The van der Waals surface area contributed by atoms with Crippen LogP contribution in [0.2, 0.25) is 0 Å². The van der Waals surface area contributed by atoms with Crippen LogP contribution in [-0.4, -0.2) is 62.3 Å². The molecule has 0 saturated carbocycles. The Morgan fingerprint density at radius 2 is 2.00 bits per heavy atom. The van der Waals surface area contributed by atoms with Gasteiger partial charge in [0.15, 0.2) is 0 Å². The molecule has 0 unspecified atom stereocenters. The number of carbonyl (C=O) groups is 1. The average Bonchev–Trinajstić information content (AvgIpc) is 2.62. The molecule has 6 heteroatoms. The molecule has 1 amide bonds. The van der Waals surface area contributed by atoms with E-state index in [0.717, 1.165) is 50.5 Å². The van der Waals surface area contributed by atoms with Crippen molar-refractivity contribution in [2.45, 2.75) is 26.4 Å². The van der Waals surface area contributed by atoms with Crippen LogP contribution >= 0.6 is 0 Å². The Morgan fingerprint density at radius 1 is 1.21 bits per heavy atom. The quantitative estimate of drug-likeness (QED) is 0.907. The molecule has 6 nitrogen and oxygen atoms in total. The van der Waals surface area contributed by atoms with Crippen molar-refractivity contribution in [3.63, 3.8) is 0 Å². The van der Waals surface area contributed by atoms with Crippen molar-refractivity contribution in [3.8, 4) is 5.75 Å². The number of fused-ring (bicyclic) bond motifs is 1. The van der Waals surface area contributed by atoms with Gasteiger partial charge in [-0.3, -0.25) is 4.90 Å². The summed E-state index contributed by atoms with van der Waals surface area (Å²) in [6, 6.07) is 4.36. The molecule has 0 aromatic heterocycles. The standard InChI is InChI=1S/C18H27N3O3/c1-3-24-18(22)21-7-4-14-10-16(12-20-8-5-19-6-9-20)17(23-2)11-15(14)13-21/h10-11,19H,3-9,12-13H2,1-2H3. The first kappa shape index (κ1) is 17.0. The van der Waals surface area contributed by atoms with Crippen LogP contribution in [0.3, 0.4) is 0 Å². The highest BCUT2D eigenvalue weighted by Gasteiger charge is 2.24. The molecule has 24 heavy (non-hydrogen) atoms. The maximum absolute atomic E-state index is 12.0. The summed E-state index contributed by atoms with van der Waals surface area (Å²) in [5.74, 6) is 0.915. The summed E-state index contributed by atoms with van der Waals surface area (Å²) in [7, 11) is 1.72. The van der Waals surface area contributed by atoms with Crippen LogP contribution in [0.15, 0.2) is 12.1 Å². The maximum atomic E-state index is 12.0. The minimum atomic E-state index is -0.230. The first-order chi connectivity index (χ1) is 11.7. The minimum absolute atomic E-state index is 0.230. The Balaban J connectivity index is 1.76. The van der Waals surface area contributed by atoms with E-state index in [9.17, 15) is 4.79 Å². The molecule has 2 aliphatic rings. The number of nitrogens with zero attached hydrogens (tertiary/aromatic N) is 2. The lowest BCUT2D eigenvalue weighted by Crippen LogP contribution is -2.43. The summed E-state index contributed by atoms with van der Waals surface area (Å²) in [5, 5.41) is 3.38. The first-order valence-corrected chi connectivity index (χ1v) is 8.74. The van der Waals surface area contributed by atoms with Gasteiger partial charge in [-0.15, -0.1) is 0 Å². The molecule has 1 aromatic carbocycles. The normalized spacial score (nSPS) is 18.2. The van der Waals surface area contributed by atoms with Crippen LogP contribution in [0.5, 0.6) is 5.75 Å². The van der Waals surface area contributed by atoms with E-state index in [0.29, 0.717) is 19.7 Å². The molecular weight excluding hydrogens is 306 g/mol. The summed E-state index contributed by atoms with van der Waals surface area (Å²) in [6.45, 7) is 8.69. The Hall–Kier alpha value is -1.79. The molecule has 2 heterocycles. The molecule has 2 aliphatic heterocycles. The van der Waals surface area contributed by atoms with Crippen LogP contribution in [0.4, 0.5) is 4.79 Å². The molecule has 1 saturated heterocycles. The molecule has 0 aliphatic carbocycles. The SMILES string of the molecule is CCOC(=O)N1CCc2cc(CN3CCNCC3)c(OC)cc2C1. The third kappa shape index (κ3) is 3.82. The number of benzene rings is 1. The topological polar surface area (TPSA) is 54.0 Å². The van der Waals surface area contributed by atoms with Crippen LogP contribution in [0.25, 0.3) is 0 Å². The fraction of sp³-hybridized carbons (Fsp3) is 0.611. The van der Waals surface area contributed by atoms with Crippen molar-refractivity contribution < 1.29 is 14.3 Å². The van der Waals surface area contributed by atoms with Crippen molar-refractivity contribution in [2.24, 2.45) is 0 Å². The molecule has 3 rings (SSSR count).